The summed E-state index contributed by atoms with van der Waals surface area (Å²) in [7, 11) is 0. The van der Waals surface area contributed by atoms with Crippen LogP contribution in [0.25, 0.3) is 0 Å². The van der Waals surface area contributed by atoms with Crippen LogP contribution in [-0.4, -0.2) is 30.1 Å². The Hall–Kier alpha value is -0.340. The standard InChI is InChI=1S/C11H22N2/c1-3-4-8-13-10(2)6-5-7-11(13)9-12/h3-4,10-11H,5-9,12H2,1-2H3. The first-order valence-electron chi connectivity index (χ1n) is 5.36. The zero-order valence-corrected chi connectivity index (χ0v) is 8.87. The lowest BCUT2D eigenvalue weighted by molar-refractivity contribution is 0.112. The number of nitrogens with zero attached hydrogens (tertiary/aromatic N) is 1. The molecule has 2 nitrogen and oxygen atoms in total. The van der Waals surface area contributed by atoms with Gasteiger partial charge in [0.25, 0.3) is 0 Å². The van der Waals surface area contributed by atoms with Gasteiger partial charge in [-0.15, -0.1) is 0 Å². The predicted molar refractivity (Wildman–Crippen MR) is 57.7 cm³/mol. The molecule has 0 aromatic carbocycles. The molecule has 13 heavy (non-hydrogen) atoms. The van der Waals surface area contributed by atoms with Gasteiger partial charge in [0.2, 0.25) is 0 Å². The van der Waals surface area contributed by atoms with Crippen LogP contribution in [0.1, 0.15) is 33.1 Å². The van der Waals surface area contributed by atoms with Crippen LogP contribution >= 0.6 is 0 Å². The second kappa shape index (κ2) is 5.40. The maximum absolute atomic E-state index is 5.76. The summed E-state index contributed by atoms with van der Waals surface area (Å²) in [4.78, 5) is 2.53. The topological polar surface area (TPSA) is 29.3 Å². The number of likely N-dealkylation sites (tertiary alicyclic amines) is 1. The second-order valence-corrected chi connectivity index (χ2v) is 3.94. The minimum atomic E-state index is 0.611. The van der Waals surface area contributed by atoms with Crippen molar-refractivity contribution in [2.45, 2.75) is 45.2 Å². The Balaban J connectivity index is 2.51. The molecule has 2 atom stereocenters. The summed E-state index contributed by atoms with van der Waals surface area (Å²) in [6.45, 7) is 6.26. The highest BCUT2D eigenvalue weighted by Crippen LogP contribution is 2.21. The van der Waals surface area contributed by atoms with Gasteiger partial charge in [-0.1, -0.05) is 18.6 Å². The Morgan fingerprint density at radius 3 is 2.85 bits per heavy atom. The van der Waals surface area contributed by atoms with Crippen LogP contribution in [0, 0.1) is 0 Å². The van der Waals surface area contributed by atoms with Gasteiger partial charge in [0.05, 0.1) is 0 Å². The van der Waals surface area contributed by atoms with E-state index >= 15 is 0 Å². The third-order valence-corrected chi connectivity index (χ3v) is 3.02. The summed E-state index contributed by atoms with van der Waals surface area (Å²) in [6.07, 6.45) is 8.29. The number of piperidine rings is 1. The van der Waals surface area contributed by atoms with E-state index in [0.29, 0.717) is 12.1 Å². The van der Waals surface area contributed by atoms with Crippen LogP contribution < -0.4 is 5.73 Å². The molecule has 0 spiro atoms. The molecule has 0 radical (unpaired) electrons. The van der Waals surface area contributed by atoms with Gasteiger partial charge in [-0.3, -0.25) is 4.90 Å². The molecule has 0 aliphatic carbocycles. The van der Waals surface area contributed by atoms with Crippen molar-refractivity contribution in [2.24, 2.45) is 5.73 Å². The molecule has 2 N–H and O–H groups in total. The van der Waals surface area contributed by atoms with Gasteiger partial charge in [-0.25, -0.2) is 0 Å². The molecular formula is C11H22N2. The van der Waals surface area contributed by atoms with Crippen molar-refractivity contribution < 1.29 is 0 Å². The van der Waals surface area contributed by atoms with Gasteiger partial charge >= 0.3 is 0 Å². The van der Waals surface area contributed by atoms with Crippen molar-refractivity contribution in [3.63, 3.8) is 0 Å². The molecule has 2 unspecified atom stereocenters. The van der Waals surface area contributed by atoms with Crippen LogP contribution in [0.2, 0.25) is 0 Å². The average molecular weight is 182 g/mol. The lowest BCUT2D eigenvalue weighted by Gasteiger charge is -2.39. The van der Waals surface area contributed by atoms with E-state index in [4.69, 9.17) is 5.73 Å². The number of nitrogens with two attached hydrogens (primary N) is 1. The first-order valence-corrected chi connectivity index (χ1v) is 5.36. The van der Waals surface area contributed by atoms with E-state index in [1.165, 1.54) is 19.3 Å². The fourth-order valence-electron chi connectivity index (χ4n) is 2.15. The van der Waals surface area contributed by atoms with Crippen molar-refractivity contribution in [1.82, 2.24) is 4.90 Å². The fourth-order valence-corrected chi connectivity index (χ4v) is 2.15. The van der Waals surface area contributed by atoms with E-state index in [1.807, 2.05) is 0 Å². The van der Waals surface area contributed by atoms with Gasteiger partial charge < -0.3 is 5.73 Å². The van der Waals surface area contributed by atoms with Crippen LogP contribution in [0.5, 0.6) is 0 Å². The Morgan fingerprint density at radius 2 is 2.23 bits per heavy atom. The monoisotopic (exact) mass is 182 g/mol. The van der Waals surface area contributed by atoms with E-state index in [1.54, 1.807) is 0 Å². The van der Waals surface area contributed by atoms with Gasteiger partial charge in [0.1, 0.15) is 0 Å². The predicted octanol–water partition coefficient (Wildman–Crippen LogP) is 1.76. The van der Waals surface area contributed by atoms with Crippen molar-refractivity contribution in [3.05, 3.63) is 12.2 Å². The number of rotatable bonds is 3. The van der Waals surface area contributed by atoms with Crippen LogP contribution in [0.3, 0.4) is 0 Å². The van der Waals surface area contributed by atoms with E-state index in [0.717, 1.165) is 13.1 Å². The molecule has 1 saturated heterocycles. The van der Waals surface area contributed by atoms with Crippen molar-refractivity contribution in [2.75, 3.05) is 13.1 Å². The third-order valence-electron chi connectivity index (χ3n) is 3.02. The zero-order chi connectivity index (χ0) is 9.68. The quantitative estimate of drug-likeness (QED) is 0.674. The smallest absolute Gasteiger partial charge is 0.0224 e. The Kier molecular flexibility index (Phi) is 4.46. The highest BCUT2D eigenvalue weighted by Gasteiger charge is 2.25. The van der Waals surface area contributed by atoms with Gasteiger partial charge in [0.15, 0.2) is 0 Å². The summed E-state index contributed by atoms with van der Waals surface area (Å²) in [6, 6.07) is 1.32. The van der Waals surface area contributed by atoms with E-state index in [-0.39, 0.29) is 0 Å². The lowest BCUT2D eigenvalue weighted by Crippen LogP contribution is -2.48. The normalized spacial score (nSPS) is 31.3. The van der Waals surface area contributed by atoms with E-state index in [2.05, 4.69) is 30.9 Å². The second-order valence-electron chi connectivity index (χ2n) is 3.94. The fraction of sp³-hybridized carbons (Fsp3) is 0.818. The Bertz CT molecular complexity index is 165. The molecule has 1 heterocycles. The van der Waals surface area contributed by atoms with Gasteiger partial charge in [-0.2, -0.15) is 0 Å². The largest absolute Gasteiger partial charge is 0.329 e. The summed E-state index contributed by atoms with van der Waals surface area (Å²) in [5, 5.41) is 0. The summed E-state index contributed by atoms with van der Waals surface area (Å²) in [5.74, 6) is 0. The molecule has 0 aromatic heterocycles. The molecular weight excluding hydrogens is 160 g/mol. The van der Waals surface area contributed by atoms with Crippen molar-refractivity contribution in [3.8, 4) is 0 Å². The Morgan fingerprint density at radius 1 is 1.46 bits per heavy atom. The minimum absolute atomic E-state index is 0.611. The molecule has 1 rings (SSSR count). The molecule has 0 aromatic rings. The van der Waals surface area contributed by atoms with E-state index < -0.39 is 0 Å². The van der Waals surface area contributed by atoms with Crippen LogP contribution in [0.15, 0.2) is 12.2 Å². The Labute approximate surface area is 81.8 Å². The molecule has 1 aliphatic rings. The third kappa shape index (κ3) is 2.82. The summed E-state index contributed by atoms with van der Waals surface area (Å²) < 4.78 is 0. The minimum Gasteiger partial charge on any atom is -0.329 e. The summed E-state index contributed by atoms with van der Waals surface area (Å²) >= 11 is 0. The molecule has 0 bridgehead atoms. The SMILES string of the molecule is CC=CCN1C(C)CCCC1CN. The summed E-state index contributed by atoms with van der Waals surface area (Å²) in [5.41, 5.74) is 5.76. The molecule has 1 aliphatic heterocycles. The maximum Gasteiger partial charge on any atom is 0.0224 e. The maximum atomic E-state index is 5.76. The number of hydrogen-bond donors (Lipinski definition) is 1. The number of hydrogen-bond acceptors (Lipinski definition) is 2. The van der Waals surface area contributed by atoms with Crippen molar-refractivity contribution >= 4 is 0 Å². The highest BCUT2D eigenvalue weighted by molar-refractivity contribution is 4.89. The first-order chi connectivity index (χ1) is 6.29. The molecule has 2 heteroatoms. The molecule has 1 fully saturated rings. The molecule has 0 amide bonds. The van der Waals surface area contributed by atoms with Gasteiger partial charge in [0, 0.05) is 25.2 Å². The average Bonchev–Trinajstić information content (AvgIpc) is 2.15. The van der Waals surface area contributed by atoms with Crippen molar-refractivity contribution in [1.29, 1.82) is 0 Å². The first kappa shape index (κ1) is 10.7. The van der Waals surface area contributed by atoms with Crippen LogP contribution in [0.4, 0.5) is 0 Å². The molecule has 76 valence electrons. The van der Waals surface area contributed by atoms with Crippen LogP contribution in [-0.2, 0) is 0 Å². The lowest BCUT2D eigenvalue weighted by atomic mass is 9.96. The molecule has 0 saturated carbocycles. The number of allylic oxidation sites excluding steroid dienone is 1. The zero-order valence-electron chi connectivity index (χ0n) is 8.87. The van der Waals surface area contributed by atoms with E-state index in [9.17, 15) is 0 Å². The highest BCUT2D eigenvalue weighted by atomic mass is 15.2. The van der Waals surface area contributed by atoms with Gasteiger partial charge in [-0.05, 0) is 26.7 Å².